The molecule has 0 amide bonds. The van der Waals surface area contributed by atoms with E-state index in [9.17, 15) is 0 Å². The molecule has 108 valence electrons. The predicted molar refractivity (Wildman–Crippen MR) is 85.0 cm³/mol. The summed E-state index contributed by atoms with van der Waals surface area (Å²) < 4.78 is 0. The van der Waals surface area contributed by atoms with Gasteiger partial charge in [-0.3, -0.25) is 0 Å². The molecule has 1 aliphatic carbocycles. The lowest BCUT2D eigenvalue weighted by Crippen LogP contribution is -2.59. The van der Waals surface area contributed by atoms with Crippen LogP contribution in [0.25, 0.3) is 0 Å². The third-order valence-corrected chi connectivity index (χ3v) is 5.64. The lowest BCUT2D eigenvalue weighted by Gasteiger charge is -2.48. The normalized spacial score (nSPS) is 20.6. The monoisotopic (exact) mass is 280 g/mol. The lowest BCUT2D eigenvalue weighted by molar-refractivity contribution is 0.0566. The second-order valence-electron chi connectivity index (χ2n) is 6.07. The highest BCUT2D eigenvalue weighted by molar-refractivity contribution is 7.07. The quantitative estimate of drug-likeness (QED) is 0.857. The van der Waals surface area contributed by atoms with Gasteiger partial charge in [-0.25, -0.2) is 0 Å². The highest BCUT2D eigenvalue weighted by atomic mass is 32.1. The molecule has 0 bridgehead atoms. The molecule has 1 saturated carbocycles. The maximum atomic E-state index is 3.62. The van der Waals surface area contributed by atoms with Crippen molar-refractivity contribution in [2.75, 3.05) is 21.1 Å². The van der Waals surface area contributed by atoms with E-state index in [-0.39, 0.29) is 0 Å². The van der Waals surface area contributed by atoms with E-state index >= 15 is 0 Å². The predicted octanol–water partition coefficient (Wildman–Crippen LogP) is 3.53. The molecule has 2 nitrogen and oxygen atoms in total. The fourth-order valence-electron chi connectivity index (χ4n) is 3.70. The van der Waals surface area contributed by atoms with Gasteiger partial charge in [0.15, 0.2) is 0 Å². The smallest absolute Gasteiger partial charge is 0.0356 e. The molecule has 0 aliphatic heterocycles. The molecule has 1 fully saturated rings. The summed E-state index contributed by atoms with van der Waals surface area (Å²) in [6, 6.07) is 2.86. The zero-order valence-corrected chi connectivity index (χ0v) is 13.4. The second kappa shape index (κ2) is 6.87. The zero-order valence-electron chi connectivity index (χ0n) is 12.6. The molecule has 0 spiro atoms. The van der Waals surface area contributed by atoms with Crippen molar-refractivity contribution < 1.29 is 0 Å². The van der Waals surface area contributed by atoms with Gasteiger partial charge in [0.25, 0.3) is 0 Å². The number of hydrogen-bond donors (Lipinski definition) is 1. The molecule has 3 heteroatoms. The van der Waals surface area contributed by atoms with E-state index in [1.807, 2.05) is 11.3 Å². The Morgan fingerprint density at radius 3 is 2.58 bits per heavy atom. The standard InChI is InChI=1S/C16H28N2S/c1-17-15(8-7-14-9-12-19-13-14)16(18(2)3)10-5-4-6-11-16/h9,12-13,15,17H,4-8,10-11H2,1-3H3. The van der Waals surface area contributed by atoms with Gasteiger partial charge in [-0.15, -0.1) is 0 Å². The molecule has 2 rings (SSSR count). The van der Waals surface area contributed by atoms with Gasteiger partial charge in [-0.1, -0.05) is 19.3 Å². The minimum atomic E-state index is 0.364. The van der Waals surface area contributed by atoms with Crippen molar-refractivity contribution >= 4 is 11.3 Å². The molecule has 0 radical (unpaired) electrons. The SMILES string of the molecule is CNC(CCc1ccsc1)C1(N(C)C)CCCCC1. The molecule has 1 atom stereocenters. The van der Waals surface area contributed by atoms with E-state index in [2.05, 4.69) is 48.2 Å². The van der Waals surface area contributed by atoms with Crippen LogP contribution in [0.1, 0.15) is 44.1 Å². The highest BCUT2D eigenvalue weighted by Gasteiger charge is 2.40. The summed E-state index contributed by atoms with van der Waals surface area (Å²) in [6.07, 6.45) is 9.31. The number of nitrogens with one attached hydrogen (secondary N) is 1. The average molecular weight is 280 g/mol. The van der Waals surface area contributed by atoms with E-state index in [1.165, 1.54) is 50.5 Å². The first-order valence-corrected chi connectivity index (χ1v) is 8.49. The van der Waals surface area contributed by atoms with Crippen LogP contribution in [0.3, 0.4) is 0 Å². The number of likely N-dealkylation sites (N-methyl/N-ethyl adjacent to an activating group) is 2. The van der Waals surface area contributed by atoms with Crippen LogP contribution in [-0.2, 0) is 6.42 Å². The Bertz CT molecular complexity index is 353. The molecule has 1 unspecified atom stereocenters. The Hall–Kier alpha value is -0.380. The van der Waals surface area contributed by atoms with Crippen molar-refractivity contribution in [1.29, 1.82) is 0 Å². The highest BCUT2D eigenvalue weighted by Crippen LogP contribution is 2.36. The average Bonchev–Trinajstić information content (AvgIpc) is 2.93. The van der Waals surface area contributed by atoms with Crippen molar-refractivity contribution in [3.8, 4) is 0 Å². The largest absolute Gasteiger partial charge is 0.315 e. The fourth-order valence-corrected chi connectivity index (χ4v) is 4.40. The summed E-state index contributed by atoms with van der Waals surface area (Å²) in [6.45, 7) is 0. The summed E-state index contributed by atoms with van der Waals surface area (Å²) in [4.78, 5) is 2.49. The molecule has 1 heterocycles. The Labute approximate surface area is 122 Å². The maximum absolute atomic E-state index is 3.62. The molecular formula is C16H28N2S. The van der Waals surface area contributed by atoms with Crippen molar-refractivity contribution in [3.63, 3.8) is 0 Å². The maximum Gasteiger partial charge on any atom is 0.0356 e. The number of aryl methyl sites for hydroxylation is 1. The van der Waals surface area contributed by atoms with Gasteiger partial charge in [0.05, 0.1) is 0 Å². The second-order valence-corrected chi connectivity index (χ2v) is 6.85. The first kappa shape index (κ1) is 15.0. The van der Waals surface area contributed by atoms with Gasteiger partial charge in [0, 0.05) is 11.6 Å². The Balaban J connectivity index is 2.04. The van der Waals surface area contributed by atoms with Gasteiger partial charge in [0.2, 0.25) is 0 Å². The summed E-state index contributed by atoms with van der Waals surface area (Å²) >= 11 is 1.81. The molecule has 1 N–H and O–H groups in total. The minimum absolute atomic E-state index is 0.364. The van der Waals surface area contributed by atoms with Crippen molar-refractivity contribution in [3.05, 3.63) is 22.4 Å². The Morgan fingerprint density at radius 1 is 1.32 bits per heavy atom. The number of rotatable bonds is 6. The first-order valence-electron chi connectivity index (χ1n) is 7.55. The molecular weight excluding hydrogens is 252 g/mol. The molecule has 1 aromatic rings. The van der Waals surface area contributed by atoms with Gasteiger partial charge in [0.1, 0.15) is 0 Å². The summed E-state index contributed by atoms with van der Waals surface area (Å²) in [7, 11) is 6.67. The molecule has 19 heavy (non-hydrogen) atoms. The van der Waals surface area contributed by atoms with Crippen LogP contribution >= 0.6 is 11.3 Å². The van der Waals surface area contributed by atoms with Gasteiger partial charge in [-0.2, -0.15) is 11.3 Å². The van der Waals surface area contributed by atoms with Crippen LogP contribution in [0.5, 0.6) is 0 Å². The Morgan fingerprint density at radius 2 is 2.05 bits per heavy atom. The van der Waals surface area contributed by atoms with Crippen molar-refractivity contribution in [2.45, 2.75) is 56.5 Å². The third-order valence-electron chi connectivity index (χ3n) is 4.91. The van der Waals surface area contributed by atoms with Crippen LogP contribution in [0.15, 0.2) is 16.8 Å². The van der Waals surface area contributed by atoms with Crippen LogP contribution in [0, 0.1) is 0 Å². The van der Waals surface area contributed by atoms with Crippen LogP contribution in [-0.4, -0.2) is 37.6 Å². The van der Waals surface area contributed by atoms with E-state index in [0.717, 1.165) is 0 Å². The van der Waals surface area contributed by atoms with Crippen LogP contribution in [0.2, 0.25) is 0 Å². The van der Waals surface area contributed by atoms with Gasteiger partial charge < -0.3 is 10.2 Å². The fraction of sp³-hybridized carbons (Fsp3) is 0.750. The summed E-state index contributed by atoms with van der Waals surface area (Å²) in [5.74, 6) is 0. The number of hydrogen-bond acceptors (Lipinski definition) is 3. The molecule has 0 saturated heterocycles. The topological polar surface area (TPSA) is 15.3 Å². The third kappa shape index (κ3) is 3.39. The number of nitrogens with zero attached hydrogens (tertiary/aromatic N) is 1. The molecule has 1 aliphatic rings. The zero-order chi connectivity index (χ0) is 13.7. The minimum Gasteiger partial charge on any atom is -0.315 e. The van der Waals surface area contributed by atoms with Crippen molar-refractivity contribution in [2.24, 2.45) is 0 Å². The number of thiophene rings is 1. The van der Waals surface area contributed by atoms with Gasteiger partial charge in [-0.05, 0) is 69.2 Å². The van der Waals surface area contributed by atoms with E-state index in [4.69, 9.17) is 0 Å². The van der Waals surface area contributed by atoms with Crippen LogP contribution < -0.4 is 5.32 Å². The lowest BCUT2D eigenvalue weighted by atomic mass is 9.73. The van der Waals surface area contributed by atoms with E-state index in [1.54, 1.807) is 0 Å². The van der Waals surface area contributed by atoms with Gasteiger partial charge >= 0.3 is 0 Å². The molecule has 0 aromatic carbocycles. The van der Waals surface area contributed by atoms with Crippen LogP contribution in [0.4, 0.5) is 0 Å². The molecule has 1 aromatic heterocycles. The Kier molecular flexibility index (Phi) is 5.43. The van der Waals surface area contributed by atoms with E-state index in [0.29, 0.717) is 11.6 Å². The van der Waals surface area contributed by atoms with Crippen molar-refractivity contribution in [1.82, 2.24) is 10.2 Å². The van der Waals surface area contributed by atoms with E-state index < -0.39 is 0 Å². The summed E-state index contributed by atoms with van der Waals surface area (Å²) in [5.41, 5.74) is 1.86. The summed E-state index contributed by atoms with van der Waals surface area (Å²) in [5, 5.41) is 8.09. The first-order chi connectivity index (χ1) is 9.19.